The van der Waals surface area contributed by atoms with E-state index in [0.717, 1.165) is 5.56 Å². The maximum Gasteiger partial charge on any atom is 0.357 e. The van der Waals surface area contributed by atoms with Crippen molar-refractivity contribution in [2.75, 3.05) is 12.4 Å². The Labute approximate surface area is 111 Å². The van der Waals surface area contributed by atoms with Crippen molar-refractivity contribution in [2.45, 2.75) is 18.7 Å². The first kappa shape index (κ1) is 15.2. The van der Waals surface area contributed by atoms with Crippen LogP contribution in [0.5, 0.6) is 0 Å². The lowest BCUT2D eigenvalue weighted by Crippen LogP contribution is -2.26. The number of aryl methyl sites for hydroxylation is 1. The van der Waals surface area contributed by atoms with E-state index in [0.29, 0.717) is 0 Å². The van der Waals surface area contributed by atoms with E-state index in [1.165, 1.54) is 12.1 Å². The van der Waals surface area contributed by atoms with Crippen LogP contribution in [-0.2, 0) is 19.4 Å². The van der Waals surface area contributed by atoms with Crippen molar-refractivity contribution in [2.24, 2.45) is 5.16 Å². The highest BCUT2D eigenvalue weighted by molar-refractivity contribution is 7.92. The van der Waals surface area contributed by atoms with Gasteiger partial charge in [-0.3, -0.25) is 0 Å². The molecule has 0 unspecified atom stereocenters. The fraction of sp³-hybridized carbons (Fsp3) is 0.333. The van der Waals surface area contributed by atoms with E-state index in [-0.39, 0.29) is 11.5 Å². The zero-order valence-corrected chi connectivity index (χ0v) is 11.5. The summed E-state index contributed by atoms with van der Waals surface area (Å²) in [5, 5.41) is 11.4. The van der Waals surface area contributed by atoms with E-state index in [1.807, 2.05) is 6.92 Å². The summed E-state index contributed by atoms with van der Waals surface area (Å²) in [6.45, 7) is 3.47. The quantitative estimate of drug-likeness (QED) is 0.379. The van der Waals surface area contributed by atoms with Gasteiger partial charge in [-0.25, -0.2) is 13.2 Å². The highest BCUT2D eigenvalue weighted by Crippen LogP contribution is 2.12. The Morgan fingerprint density at radius 2 is 1.89 bits per heavy atom. The summed E-state index contributed by atoms with van der Waals surface area (Å²) < 4.78 is 28.6. The van der Waals surface area contributed by atoms with Gasteiger partial charge in [-0.1, -0.05) is 22.9 Å². The third kappa shape index (κ3) is 4.06. The monoisotopic (exact) mass is 285 g/mol. The Morgan fingerprint density at radius 3 is 2.37 bits per heavy atom. The van der Waals surface area contributed by atoms with Crippen LogP contribution in [0.1, 0.15) is 12.5 Å². The first-order valence-electron chi connectivity index (χ1n) is 5.58. The van der Waals surface area contributed by atoms with Crippen LogP contribution in [0, 0.1) is 6.92 Å². The standard InChI is InChI=1S/C12H15NO5S/c1-3-18-12(14)11(13-15)8-19(16,17)10-6-4-9(2)5-7-10/h4-7,15H,3,8H2,1-2H3/b13-11-. The summed E-state index contributed by atoms with van der Waals surface area (Å²) in [6, 6.07) is 6.16. The number of nitrogens with zero attached hydrogens (tertiary/aromatic N) is 1. The predicted molar refractivity (Wildman–Crippen MR) is 69.1 cm³/mol. The normalized spacial score (nSPS) is 12.2. The molecular weight excluding hydrogens is 270 g/mol. The van der Waals surface area contributed by atoms with E-state index < -0.39 is 27.3 Å². The van der Waals surface area contributed by atoms with Crippen molar-refractivity contribution >= 4 is 21.5 Å². The van der Waals surface area contributed by atoms with Crippen molar-refractivity contribution in [1.82, 2.24) is 0 Å². The molecule has 0 aromatic heterocycles. The van der Waals surface area contributed by atoms with Gasteiger partial charge in [0.15, 0.2) is 15.5 Å². The van der Waals surface area contributed by atoms with Crippen molar-refractivity contribution in [3.8, 4) is 0 Å². The largest absolute Gasteiger partial charge is 0.461 e. The number of benzene rings is 1. The SMILES string of the molecule is CCOC(=O)/C(CS(=O)(=O)c1ccc(C)cc1)=N\O. The molecule has 0 aliphatic carbocycles. The molecule has 0 aliphatic heterocycles. The first-order valence-corrected chi connectivity index (χ1v) is 7.23. The summed E-state index contributed by atoms with van der Waals surface area (Å²) >= 11 is 0. The summed E-state index contributed by atoms with van der Waals surface area (Å²) in [5.41, 5.74) is 0.378. The van der Waals surface area contributed by atoms with Gasteiger partial charge in [-0.2, -0.15) is 0 Å². The van der Waals surface area contributed by atoms with Crippen molar-refractivity contribution in [3.05, 3.63) is 29.8 Å². The van der Waals surface area contributed by atoms with E-state index in [4.69, 9.17) is 5.21 Å². The number of carbonyl (C=O) groups is 1. The molecule has 0 aliphatic rings. The molecule has 0 atom stereocenters. The molecule has 0 fully saturated rings. The molecule has 19 heavy (non-hydrogen) atoms. The fourth-order valence-electron chi connectivity index (χ4n) is 1.35. The summed E-state index contributed by atoms with van der Waals surface area (Å²) in [7, 11) is -3.74. The van der Waals surface area contributed by atoms with E-state index >= 15 is 0 Å². The molecule has 7 heteroatoms. The summed E-state index contributed by atoms with van der Waals surface area (Å²) in [6.07, 6.45) is 0. The van der Waals surface area contributed by atoms with Crippen molar-refractivity contribution < 1.29 is 23.2 Å². The zero-order valence-electron chi connectivity index (χ0n) is 10.7. The van der Waals surface area contributed by atoms with Crippen molar-refractivity contribution in [1.29, 1.82) is 0 Å². The molecule has 104 valence electrons. The second kappa shape index (κ2) is 6.33. The maximum atomic E-state index is 12.0. The topological polar surface area (TPSA) is 93.0 Å². The van der Waals surface area contributed by atoms with Gasteiger partial charge >= 0.3 is 5.97 Å². The molecule has 0 saturated heterocycles. The second-order valence-corrected chi connectivity index (χ2v) is 5.83. The van der Waals surface area contributed by atoms with Crippen molar-refractivity contribution in [3.63, 3.8) is 0 Å². The lowest BCUT2D eigenvalue weighted by atomic mass is 10.2. The van der Waals surface area contributed by atoms with Crippen LogP contribution in [-0.4, -0.2) is 37.7 Å². The Balaban J connectivity index is 2.96. The number of hydrogen-bond acceptors (Lipinski definition) is 6. The Morgan fingerprint density at radius 1 is 1.32 bits per heavy atom. The first-order chi connectivity index (χ1) is 8.90. The van der Waals surface area contributed by atoms with Crippen LogP contribution >= 0.6 is 0 Å². The lowest BCUT2D eigenvalue weighted by Gasteiger charge is -2.06. The third-order valence-corrected chi connectivity index (χ3v) is 3.98. The number of esters is 1. The van der Waals surface area contributed by atoms with Crippen LogP contribution < -0.4 is 0 Å². The molecule has 1 aromatic rings. The number of carbonyl (C=O) groups excluding carboxylic acids is 1. The number of rotatable bonds is 5. The zero-order chi connectivity index (χ0) is 14.5. The maximum absolute atomic E-state index is 12.0. The number of hydrogen-bond donors (Lipinski definition) is 1. The predicted octanol–water partition coefficient (Wildman–Crippen LogP) is 1.16. The van der Waals surface area contributed by atoms with Gasteiger partial charge < -0.3 is 9.94 Å². The third-order valence-electron chi connectivity index (χ3n) is 2.34. The molecule has 0 saturated carbocycles. The van der Waals surface area contributed by atoms with Gasteiger partial charge in [0.25, 0.3) is 0 Å². The molecule has 0 heterocycles. The molecular formula is C12H15NO5S. The molecule has 0 radical (unpaired) electrons. The van der Waals surface area contributed by atoms with Crippen LogP contribution in [0.2, 0.25) is 0 Å². The Bertz CT molecular complexity index is 575. The Kier molecular flexibility index (Phi) is 5.05. The van der Waals surface area contributed by atoms with Gasteiger partial charge in [0.1, 0.15) is 5.75 Å². The molecule has 0 bridgehead atoms. The molecule has 1 N–H and O–H groups in total. The van der Waals surface area contributed by atoms with E-state index in [2.05, 4.69) is 9.89 Å². The Hall–Kier alpha value is -1.89. The minimum atomic E-state index is -3.74. The smallest absolute Gasteiger partial charge is 0.357 e. The average Bonchev–Trinajstić information content (AvgIpc) is 2.36. The number of sulfone groups is 1. The molecule has 0 spiro atoms. The number of ether oxygens (including phenoxy) is 1. The minimum Gasteiger partial charge on any atom is -0.461 e. The van der Waals surface area contributed by atoms with Gasteiger partial charge in [0.2, 0.25) is 0 Å². The molecule has 0 amide bonds. The number of oxime groups is 1. The van der Waals surface area contributed by atoms with Crippen LogP contribution in [0.3, 0.4) is 0 Å². The highest BCUT2D eigenvalue weighted by Gasteiger charge is 2.24. The molecule has 6 nitrogen and oxygen atoms in total. The van der Waals surface area contributed by atoms with Crippen LogP contribution in [0.25, 0.3) is 0 Å². The van der Waals surface area contributed by atoms with Gasteiger partial charge in [0.05, 0.1) is 11.5 Å². The highest BCUT2D eigenvalue weighted by atomic mass is 32.2. The van der Waals surface area contributed by atoms with Gasteiger partial charge in [0, 0.05) is 0 Å². The van der Waals surface area contributed by atoms with Crippen LogP contribution in [0.4, 0.5) is 0 Å². The van der Waals surface area contributed by atoms with Crippen LogP contribution in [0.15, 0.2) is 34.3 Å². The summed E-state index contributed by atoms with van der Waals surface area (Å²) in [5.74, 6) is -1.65. The van der Waals surface area contributed by atoms with Gasteiger partial charge in [-0.15, -0.1) is 0 Å². The molecule has 1 aromatic carbocycles. The molecule has 1 rings (SSSR count). The second-order valence-electron chi connectivity index (χ2n) is 3.84. The van der Waals surface area contributed by atoms with E-state index in [1.54, 1.807) is 19.1 Å². The van der Waals surface area contributed by atoms with Gasteiger partial charge in [-0.05, 0) is 26.0 Å². The summed E-state index contributed by atoms with van der Waals surface area (Å²) in [4.78, 5) is 11.4. The van der Waals surface area contributed by atoms with E-state index in [9.17, 15) is 13.2 Å². The fourth-order valence-corrected chi connectivity index (χ4v) is 2.60. The minimum absolute atomic E-state index is 0.0588. The average molecular weight is 285 g/mol. The lowest BCUT2D eigenvalue weighted by molar-refractivity contribution is -0.135.